The normalized spacial score (nSPS) is 12.0. The molecule has 0 aromatic rings. The summed E-state index contributed by atoms with van der Waals surface area (Å²) in [6.07, 6.45) is 81.3. The third-order valence-corrected chi connectivity index (χ3v) is 19.5. The zero-order chi connectivity index (χ0) is 42.7. The summed E-state index contributed by atoms with van der Waals surface area (Å²) in [6, 6.07) is 0. The first-order chi connectivity index (χ1) is 29.2. The van der Waals surface area contributed by atoms with E-state index in [1.54, 1.807) is 50.3 Å². The van der Waals surface area contributed by atoms with E-state index in [0.717, 1.165) is 0 Å². The summed E-state index contributed by atoms with van der Waals surface area (Å²) < 4.78 is 0. The maximum atomic E-state index is 2.34. The van der Waals surface area contributed by atoms with Crippen LogP contribution in [0, 0.1) is 0 Å². The monoisotopic (exact) mass is 848 g/mol. The molecular formula is C58H120P+. The Bertz CT molecular complexity index is 650. The SMILES string of the molecule is CCCCCCCCCCCCCCCCCCC[P+](CCCCCCCCCCCCC)(CCCCCCCCCCCCC)CCCCCCCCCCCCC. The van der Waals surface area contributed by atoms with Gasteiger partial charge in [-0.3, -0.25) is 0 Å². The first kappa shape index (κ1) is 59.4. The van der Waals surface area contributed by atoms with Crippen molar-refractivity contribution in [2.24, 2.45) is 0 Å². The second-order valence-corrected chi connectivity index (χ2v) is 25.0. The van der Waals surface area contributed by atoms with Crippen LogP contribution < -0.4 is 0 Å². The quantitative estimate of drug-likeness (QED) is 0.0423. The van der Waals surface area contributed by atoms with Crippen LogP contribution in [0.4, 0.5) is 0 Å². The molecular weight excluding hydrogens is 728 g/mol. The molecule has 0 fully saturated rings. The van der Waals surface area contributed by atoms with Crippen LogP contribution in [0.3, 0.4) is 0 Å². The van der Waals surface area contributed by atoms with Crippen molar-refractivity contribution in [2.75, 3.05) is 24.6 Å². The van der Waals surface area contributed by atoms with E-state index >= 15 is 0 Å². The number of hydrogen-bond acceptors (Lipinski definition) is 0. The van der Waals surface area contributed by atoms with E-state index in [1.165, 1.54) is 295 Å². The third kappa shape index (κ3) is 47.7. The molecule has 1 heteroatoms. The molecule has 0 N–H and O–H groups in total. The van der Waals surface area contributed by atoms with E-state index in [9.17, 15) is 0 Å². The lowest BCUT2D eigenvalue weighted by Gasteiger charge is -2.28. The van der Waals surface area contributed by atoms with Gasteiger partial charge in [-0.15, -0.1) is 0 Å². The van der Waals surface area contributed by atoms with E-state index < -0.39 is 7.26 Å². The highest BCUT2D eigenvalue weighted by Gasteiger charge is 2.35. The first-order valence-corrected chi connectivity index (χ1v) is 31.6. The van der Waals surface area contributed by atoms with Crippen LogP contribution in [0.15, 0.2) is 0 Å². The molecule has 0 amide bonds. The molecule has 0 aliphatic carbocycles. The highest BCUT2D eigenvalue weighted by Crippen LogP contribution is 2.61. The first-order valence-electron chi connectivity index (χ1n) is 29.1. The van der Waals surface area contributed by atoms with Crippen molar-refractivity contribution in [3.63, 3.8) is 0 Å². The van der Waals surface area contributed by atoms with Gasteiger partial charge in [0.1, 0.15) is 0 Å². The van der Waals surface area contributed by atoms with Crippen LogP contribution in [0.2, 0.25) is 0 Å². The molecule has 0 bridgehead atoms. The van der Waals surface area contributed by atoms with E-state index in [-0.39, 0.29) is 0 Å². The zero-order valence-corrected chi connectivity index (χ0v) is 43.5. The predicted molar refractivity (Wildman–Crippen MR) is 280 cm³/mol. The number of hydrogen-bond donors (Lipinski definition) is 0. The summed E-state index contributed by atoms with van der Waals surface area (Å²) in [5, 5.41) is 0. The zero-order valence-electron chi connectivity index (χ0n) is 42.6. The molecule has 59 heavy (non-hydrogen) atoms. The molecule has 0 unspecified atom stereocenters. The average Bonchev–Trinajstić information content (AvgIpc) is 3.24. The summed E-state index contributed by atoms with van der Waals surface area (Å²) >= 11 is 0. The maximum Gasteiger partial charge on any atom is 0.0594 e. The molecule has 0 aliphatic rings. The smallest absolute Gasteiger partial charge is 0.0594 e. The van der Waals surface area contributed by atoms with Gasteiger partial charge in [-0.05, 0) is 51.4 Å². The van der Waals surface area contributed by atoms with Crippen molar-refractivity contribution < 1.29 is 0 Å². The van der Waals surface area contributed by atoms with Gasteiger partial charge in [0.05, 0.1) is 24.6 Å². The molecule has 0 radical (unpaired) electrons. The fourth-order valence-electron chi connectivity index (χ4n) is 10.2. The van der Waals surface area contributed by atoms with Crippen molar-refractivity contribution >= 4 is 7.26 Å². The molecule has 0 spiro atoms. The van der Waals surface area contributed by atoms with Crippen LogP contribution in [0.5, 0.6) is 0 Å². The fourth-order valence-corrected chi connectivity index (χ4v) is 15.1. The lowest BCUT2D eigenvalue weighted by Crippen LogP contribution is -2.13. The van der Waals surface area contributed by atoms with Gasteiger partial charge in [0.2, 0.25) is 0 Å². The summed E-state index contributed by atoms with van der Waals surface area (Å²) in [4.78, 5) is 0. The lowest BCUT2D eigenvalue weighted by atomic mass is 10.0. The van der Waals surface area contributed by atoms with Gasteiger partial charge in [0.25, 0.3) is 0 Å². The Morgan fingerprint density at radius 3 is 0.356 bits per heavy atom. The van der Waals surface area contributed by atoms with Crippen LogP contribution >= 0.6 is 7.26 Å². The second kappa shape index (κ2) is 52.8. The van der Waals surface area contributed by atoms with Crippen LogP contribution in [0.1, 0.15) is 349 Å². The fraction of sp³-hybridized carbons (Fsp3) is 1.00. The lowest BCUT2D eigenvalue weighted by molar-refractivity contribution is 0.529. The Hall–Kier alpha value is 0.430. The average molecular weight is 849 g/mol. The highest BCUT2D eigenvalue weighted by atomic mass is 31.2. The van der Waals surface area contributed by atoms with E-state index in [4.69, 9.17) is 0 Å². The third-order valence-electron chi connectivity index (χ3n) is 14.4. The molecule has 0 rings (SSSR count). The van der Waals surface area contributed by atoms with Crippen LogP contribution in [0.25, 0.3) is 0 Å². The standard InChI is InChI=1S/C58H120P/c1-5-9-13-17-21-25-29-30-31-32-33-34-38-42-46-50-54-58-59(55-51-47-43-39-35-26-22-18-14-10-6-2,56-52-48-44-40-36-27-23-19-15-11-7-3)57-53-49-45-41-37-28-24-20-16-12-8-4/h5-58H2,1-4H3/q+1. The van der Waals surface area contributed by atoms with Crippen molar-refractivity contribution in [3.05, 3.63) is 0 Å². The van der Waals surface area contributed by atoms with Gasteiger partial charge < -0.3 is 0 Å². The van der Waals surface area contributed by atoms with Gasteiger partial charge in [-0.1, -0.05) is 297 Å². The topological polar surface area (TPSA) is 0 Å². The maximum absolute atomic E-state index is 2.34. The Balaban J connectivity index is 4.83. The molecule has 0 saturated heterocycles. The minimum Gasteiger partial charge on any atom is -0.0654 e. The molecule has 0 nitrogen and oxygen atoms in total. The van der Waals surface area contributed by atoms with Crippen molar-refractivity contribution in [1.29, 1.82) is 0 Å². The van der Waals surface area contributed by atoms with Crippen molar-refractivity contribution in [3.8, 4) is 0 Å². The van der Waals surface area contributed by atoms with Gasteiger partial charge in [-0.2, -0.15) is 0 Å². The summed E-state index contributed by atoms with van der Waals surface area (Å²) in [7, 11) is -0.817. The minimum atomic E-state index is -0.817. The van der Waals surface area contributed by atoms with E-state index in [0.29, 0.717) is 0 Å². The summed E-state index contributed by atoms with van der Waals surface area (Å²) in [5.41, 5.74) is 0. The Morgan fingerprint density at radius 2 is 0.237 bits per heavy atom. The molecule has 356 valence electrons. The molecule has 0 saturated carbocycles. The Kier molecular flexibility index (Phi) is 53.2. The van der Waals surface area contributed by atoms with Crippen molar-refractivity contribution in [1.82, 2.24) is 0 Å². The Morgan fingerprint density at radius 1 is 0.136 bits per heavy atom. The van der Waals surface area contributed by atoms with Gasteiger partial charge >= 0.3 is 0 Å². The largest absolute Gasteiger partial charge is 0.0654 e. The van der Waals surface area contributed by atoms with Crippen molar-refractivity contribution in [2.45, 2.75) is 349 Å². The minimum absolute atomic E-state index is 0.817. The molecule has 0 aliphatic heterocycles. The molecule has 0 atom stereocenters. The van der Waals surface area contributed by atoms with E-state index in [2.05, 4.69) is 27.7 Å². The Labute approximate surface area is 379 Å². The van der Waals surface area contributed by atoms with E-state index in [1.807, 2.05) is 0 Å². The van der Waals surface area contributed by atoms with Gasteiger partial charge in [0, 0.05) is 7.26 Å². The molecule has 0 aromatic carbocycles. The van der Waals surface area contributed by atoms with Gasteiger partial charge in [0.15, 0.2) is 0 Å². The summed E-state index contributed by atoms with van der Waals surface area (Å²) in [6.45, 7) is 9.35. The number of rotatable bonds is 54. The highest BCUT2D eigenvalue weighted by molar-refractivity contribution is 7.75. The van der Waals surface area contributed by atoms with Crippen LogP contribution in [-0.4, -0.2) is 24.6 Å². The molecule has 0 heterocycles. The number of unbranched alkanes of at least 4 members (excludes halogenated alkanes) is 46. The van der Waals surface area contributed by atoms with Gasteiger partial charge in [-0.25, -0.2) is 0 Å². The van der Waals surface area contributed by atoms with Crippen LogP contribution in [-0.2, 0) is 0 Å². The predicted octanol–water partition coefficient (Wildman–Crippen LogP) is 22.6. The summed E-state index contributed by atoms with van der Waals surface area (Å²) in [5.74, 6) is 0. The molecule has 0 aromatic heterocycles. The second-order valence-electron chi connectivity index (χ2n) is 20.5.